The van der Waals surface area contributed by atoms with E-state index in [1.807, 2.05) is 37.4 Å². The molecule has 2 aliphatic heterocycles. The Hall–Kier alpha value is -1.52. The quantitative estimate of drug-likeness (QED) is 0.645. The van der Waals surface area contributed by atoms with Gasteiger partial charge in [0.05, 0.1) is 11.8 Å². The molecule has 0 radical (unpaired) electrons. The molecular weight excluding hydrogens is 401 g/mol. The van der Waals surface area contributed by atoms with Gasteiger partial charge in [-0.1, -0.05) is 47.5 Å². The third-order valence-corrected chi connectivity index (χ3v) is 5.53. The molecule has 2 aromatic rings. The average Bonchev–Trinajstić information content (AvgIpc) is 2.91. The van der Waals surface area contributed by atoms with Gasteiger partial charge in [0.15, 0.2) is 0 Å². The summed E-state index contributed by atoms with van der Waals surface area (Å²) in [6.07, 6.45) is 2.21. The van der Waals surface area contributed by atoms with Gasteiger partial charge in [-0.25, -0.2) is 0 Å². The molecule has 142 valence electrons. The summed E-state index contributed by atoms with van der Waals surface area (Å²) in [5.41, 5.74) is 4.75. The Morgan fingerprint density at radius 3 is 2.44 bits per heavy atom. The Bertz CT molecular complexity index is 894. The number of rotatable bonds is 2. The fourth-order valence-corrected chi connectivity index (χ4v) is 4.43. The fourth-order valence-electron chi connectivity index (χ4n) is 4.03. The van der Waals surface area contributed by atoms with Crippen LogP contribution >= 0.6 is 35.6 Å². The highest BCUT2D eigenvalue weighted by Crippen LogP contribution is 2.40. The first-order valence-corrected chi connectivity index (χ1v) is 9.49. The molecule has 2 heterocycles. The van der Waals surface area contributed by atoms with Crippen LogP contribution < -0.4 is 0 Å². The molecule has 1 fully saturated rings. The van der Waals surface area contributed by atoms with Crippen molar-refractivity contribution >= 4 is 47.4 Å². The van der Waals surface area contributed by atoms with E-state index in [1.165, 1.54) is 16.8 Å². The molecule has 0 aromatic heterocycles. The number of likely N-dealkylation sites (tertiary alicyclic amines) is 1. The van der Waals surface area contributed by atoms with Gasteiger partial charge in [0.2, 0.25) is 0 Å². The topological polar surface area (TPSA) is 18.8 Å². The van der Waals surface area contributed by atoms with Gasteiger partial charge < -0.3 is 4.90 Å². The summed E-state index contributed by atoms with van der Waals surface area (Å²) in [5.74, 6) is 0.322. The van der Waals surface area contributed by atoms with Crippen LogP contribution in [0.2, 0.25) is 10.0 Å². The largest absolute Gasteiger partial charge is 0.301 e. The van der Waals surface area contributed by atoms with Crippen molar-refractivity contribution in [3.63, 3.8) is 0 Å². The van der Waals surface area contributed by atoms with Crippen LogP contribution in [0.25, 0.3) is 6.08 Å². The minimum atomic E-state index is 0. The SMILES string of the molecule is CN1C/C(=C\c2cccc(Cl)c2)C2=NN(C)C(c3cccc(Cl)c3)C2C1.Cl. The zero-order valence-electron chi connectivity index (χ0n) is 15.3. The average molecular weight is 423 g/mol. The van der Waals surface area contributed by atoms with Gasteiger partial charge in [-0.05, 0) is 54.1 Å². The van der Waals surface area contributed by atoms with Crippen molar-refractivity contribution in [1.29, 1.82) is 0 Å². The summed E-state index contributed by atoms with van der Waals surface area (Å²) in [7, 11) is 4.21. The van der Waals surface area contributed by atoms with E-state index in [9.17, 15) is 0 Å². The normalized spacial score (nSPS) is 23.8. The second-order valence-corrected chi connectivity index (χ2v) is 7.96. The lowest BCUT2D eigenvalue weighted by Gasteiger charge is -2.34. The molecule has 2 atom stereocenters. The van der Waals surface area contributed by atoms with Crippen molar-refractivity contribution in [3.05, 3.63) is 75.3 Å². The zero-order chi connectivity index (χ0) is 18.3. The zero-order valence-corrected chi connectivity index (χ0v) is 17.6. The lowest BCUT2D eigenvalue weighted by Crippen LogP contribution is -2.41. The molecule has 27 heavy (non-hydrogen) atoms. The van der Waals surface area contributed by atoms with Crippen molar-refractivity contribution in [2.45, 2.75) is 6.04 Å². The van der Waals surface area contributed by atoms with Crippen LogP contribution in [0.1, 0.15) is 17.2 Å². The maximum atomic E-state index is 6.24. The minimum absolute atomic E-state index is 0. The molecule has 1 saturated heterocycles. The Kier molecular flexibility index (Phi) is 6.17. The van der Waals surface area contributed by atoms with Crippen molar-refractivity contribution in [3.8, 4) is 0 Å². The van der Waals surface area contributed by atoms with E-state index in [1.54, 1.807) is 0 Å². The molecule has 0 spiro atoms. The molecule has 0 bridgehead atoms. The number of hydrazone groups is 1. The van der Waals surface area contributed by atoms with E-state index in [2.05, 4.69) is 41.2 Å². The van der Waals surface area contributed by atoms with E-state index < -0.39 is 0 Å². The lowest BCUT2D eigenvalue weighted by molar-refractivity contribution is 0.211. The van der Waals surface area contributed by atoms with Gasteiger partial charge in [0.25, 0.3) is 0 Å². The standard InChI is InChI=1S/C21H21Cl2N3.ClH/c1-25-12-16(9-14-5-3-7-17(22)10-14)20-19(13-25)21(26(2)24-20)15-6-4-8-18(23)11-15;/h3-11,19,21H,12-13H2,1-2H3;1H/b16-9+;. The number of likely N-dealkylation sites (N-methyl/N-ethyl adjacent to an activating group) is 1. The number of hydrogen-bond acceptors (Lipinski definition) is 3. The highest BCUT2D eigenvalue weighted by atomic mass is 35.5. The summed E-state index contributed by atoms with van der Waals surface area (Å²) in [5, 5.41) is 8.51. The maximum absolute atomic E-state index is 6.24. The molecule has 0 aliphatic carbocycles. The van der Waals surface area contributed by atoms with E-state index >= 15 is 0 Å². The predicted molar refractivity (Wildman–Crippen MR) is 117 cm³/mol. The molecule has 0 N–H and O–H groups in total. The second kappa shape index (κ2) is 8.24. The minimum Gasteiger partial charge on any atom is -0.301 e. The third-order valence-electron chi connectivity index (χ3n) is 5.06. The Labute approximate surface area is 176 Å². The van der Waals surface area contributed by atoms with Crippen molar-refractivity contribution < 1.29 is 0 Å². The number of halogens is 3. The molecule has 6 heteroatoms. The van der Waals surface area contributed by atoms with Crippen LogP contribution in [-0.4, -0.2) is 42.8 Å². The van der Waals surface area contributed by atoms with Gasteiger partial charge in [0, 0.05) is 36.1 Å². The van der Waals surface area contributed by atoms with Gasteiger partial charge in [-0.2, -0.15) is 5.10 Å². The second-order valence-electron chi connectivity index (χ2n) is 7.09. The lowest BCUT2D eigenvalue weighted by atomic mass is 9.83. The van der Waals surface area contributed by atoms with Crippen LogP contribution in [0.4, 0.5) is 0 Å². The predicted octanol–water partition coefficient (Wildman–Crippen LogP) is 5.40. The highest BCUT2D eigenvalue weighted by Gasteiger charge is 2.41. The van der Waals surface area contributed by atoms with Gasteiger partial charge in [0.1, 0.15) is 0 Å². The Balaban J connectivity index is 0.00000210. The summed E-state index contributed by atoms with van der Waals surface area (Å²) in [6, 6.07) is 16.3. The molecule has 2 unspecified atom stereocenters. The highest BCUT2D eigenvalue weighted by molar-refractivity contribution is 6.31. The first kappa shape index (κ1) is 20.2. The van der Waals surface area contributed by atoms with Crippen LogP contribution in [0.5, 0.6) is 0 Å². The van der Waals surface area contributed by atoms with Gasteiger partial charge in [-0.3, -0.25) is 5.01 Å². The summed E-state index contributed by atoms with van der Waals surface area (Å²) < 4.78 is 0. The fraction of sp³-hybridized carbons (Fsp3) is 0.286. The Morgan fingerprint density at radius 2 is 1.74 bits per heavy atom. The van der Waals surface area contributed by atoms with Crippen molar-refractivity contribution in [2.75, 3.05) is 27.2 Å². The van der Waals surface area contributed by atoms with Crippen LogP contribution in [0.15, 0.2) is 59.2 Å². The molecule has 2 aromatic carbocycles. The summed E-state index contributed by atoms with van der Waals surface area (Å²) >= 11 is 12.4. The molecule has 0 saturated carbocycles. The number of hydrogen-bond donors (Lipinski definition) is 0. The van der Waals surface area contributed by atoms with Crippen molar-refractivity contribution in [2.24, 2.45) is 11.0 Å². The van der Waals surface area contributed by atoms with E-state index in [4.69, 9.17) is 28.3 Å². The molecular formula is C21H22Cl3N3. The van der Waals surface area contributed by atoms with Crippen LogP contribution in [-0.2, 0) is 0 Å². The smallest absolute Gasteiger partial charge is 0.0814 e. The molecule has 2 aliphatic rings. The van der Waals surface area contributed by atoms with Crippen molar-refractivity contribution in [1.82, 2.24) is 9.91 Å². The van der Waals surface area contributed by atoms with Crippen LogP contribution in [0.3, 0.4) is 0 Å². The first-order chi connectivity index (χ1) is 12.5. The number of piperidine rings is 1. The number of fused-ring (bicyclic) bond motifs is 1. The van der Waals surface area contributed by atoms with Gasteiger partial charge >= 0.3 is 0 Å². The number of benzene rings is 2. The Morgan fingerprint density at radius 1 is 1.04 bits per heavy atom. The number of nitrogens with zero attached hydrogens (tertiary/aromatic N) is 3. The van der Waals surface area contributed by atoms with E-state index in [0.717, 1.165) is 28.7 Å². The summed E-state index contributed by atoms with van der Waals surface area (Å²) in [6.45, 7) is 1.87. The van der Waals surface area contributed by atoms with Crippen LogP contribution in [0, 0.1) is 5.92 Å². The molecule has 0 amide bonds. The summed E-state index contributed by atoms with van der Waals surface area (Å²) in [4.78, 5) is 2.36. The van der Waals surface area contributed by atoms with E-state index in [-0.39, 0.29) is 18.4 Å². The third kappa shape index (κ3) is 4.17. The first-order valence-electron chi connectivity index (χ1n) is 8.73. The van der Waals surface area contributed by atoms with E-state index in [0.29, 0.717) is 5.92 Å². The molecule has 3 nitrogen and oxygen atoms in total. The molecule has 4 rings (SSSR count). The monoisotopic (exact) mass is 421 g/mol. The van der Waals surface area contributed by atoms with Gasteiger partial charge in [-0.15, -0.1) is 12.4 Å². The maximum Gasteiger partial charge on any atom is 0.0814 e.